The van der Waals surface area contributed by atoms with Crippen molar-refractivity contribution in [2.75, 3.05) is 11.1 Å². The molecule has 2 heterocycles. The quantitative estimate of drug-likeness (QED) is 0.642. The van der Waals surface area contributed by atoms with Crippen LogP contribution in [0.3, 0.4) is 0 Å². The van der Waals surface area contributed by atoms with Crippen molar-refractivity contribution in [1.29, 1.82) is 5.26 Å². The van der Waals surface area contributed by atoms with Crippen molar-refractivity contribution in [2.45, 2.75) is 19.0 Å². The van der Waals surface area contributed by atoms with E-state index in [1.54, 1.807) is 25.1 Å². The van der Waals surface area contributed by atoms with Gasteiger partial charge in [0.05, 0.1) is 5.75 Å². The standard InChI is InChI=1S/C13H12N4O4S2/c1-3-23(19,20)13-16-12(22-17-13)15-11(18)9(7-14)6-10-5-4-8(2)21-10/h4-6H,3H2,1-2H3,(H,15,16,17,18)/b9-6-. The molecule has 2 rings (SSSR count). The largest absolute Gasteiger partial charge is 0.462 e. The lowest BCUT2D eigenvalue weighted by Crippen LogP contribution is -2.13. The summed E-state index contributed by atoms with van der Waals surface area (Å²) in [7, 11) is -3.54. The molecule has 0 aliphatic heterocycles. The molecule has 23 heavy (non-hydrogen) atoms. The third-order valence-electron chi connectivity index (χ3n) is 2.70. The van der Waals surface area contributed by atoms with E-state index in [9.17, 15) is 13.2 Å². The molecule has 0 unspecified atom stereocenters. The Kier molecular flexibility index (Phi) is 4.92. The fourth-order valence-corrected chi connectivity index (χ4v) is 3.09. The van der Waals surface area contributed by atoms with Gasteiger partial charge in [0.15, 0.2) is 0 Å². The highest BCUT2D eigenvalue weighted by molar-refractivity contribution is 7.91. The van der Waals surface area contributed by atoms with E-state index < -0.39 is 15.7 Å². The van der Waals surface area contributed by atoms with E-state index in [0.29, 0.717) is 11.5 Å². The first-order valence-corrected chi connectivity index (χ1v) is 8.84. The molecule has 0 saturated heterocycles. The first-order chi connectivity index (χ1) is 10.9. The van der Waals surface area contributed by atoms with Crippen LogP contribution < -0.4 is 5.32 Å². The zero-order valence-corrected chi connectivity index (χ0v) is 13.9. The maximum absolute atomic E-state index is 12.0. The second-order valence-electron chi connectivity index (χ2n) is 4.36. The first kappa shape index (κ1) is 16.9. The minimum absolute atomic E-state index is 0.00111. The van der Waals surface area contributed by atoms with Crippen LogP contribution >= 0.6 is 11.5 Å². The minimum Gasteiger partial charge on any atom is -0.462 e. The number of furan rings is 1. The fraction of sp³-hybridized carbons (Fsp3) is 0.231. The number of aromatic nitrogens is 2. The average molecular weight is 352 g/mol. The number of aryl methyl sites for hydroxylation is 1. The Morgan fingerprint density at radius 3 is 2.83 bits per heavy atom. The molecule has 0 spiro atoms. The summed E-state index contributed by atoms with van der Waals surface area (Å²) in [5.41, 5.74) is -0.200. The SMILES string of the molecule is CCS(=O)(=O)c1nsc(NC(=O)/C(C#N)=C\c2ccc(C)o2)n1. The summed E-state index contributed by atoms with van der Waals surface area (Å²) in [4.78, 5) is 15.8. The zero-order chi connectivity index (χ0) is 17.0. The van der Waals surface area contributed by atoms with Gasteiger partial charge in [0.2, 0.25) is 15.0 Å². The number of hydrogen-bond acceptors (Lipinski definition) is 8. The molecule has 2 aromatic rings. The minimum atomic E-state index is -3.54. The molecule has 0 radical (unpaired) electrons. The van der Waals surface area contributed by atoms with Crippen molar-refractivity contribution >= 4 is 38.5 Å². The molecular weight excluding hydrogens is 340 g/mol. The van der Waals surface area contributed by atoms with E-state index in [1.165, 1.54) is 13.0 Å². The van der Waals surface area contributed by atoms with Crippen molar-refractivity contribution in [3.63, 3.8) is 0 Å². The zero-order valence-electron chi connectivity index (χ0n) is 12.2. The van der Waals surface area contributed by atoms with Gasteiger partial charge < -0.3 is 4.42 Å². The second kappa shape index (κ2) is 6.72. The van der Waals surface area contributed by atoms with E-state index in [0.717, 1.165) is 11.5 Å². The summed E-state index contributed by atoms with van der Waals surface area (Å²) in [5, 5.41) is 11.1. The van der Waals surface area contributed by atoms with Gasteiger partial charge in [-0.25, -0.2) is 8.42 Å². The second-order valence-corrected chi connectivity index (χ2v) is 7.28. The van der Waals surface area contributed by atoms with Crippen LogP contribution in [-0.2, 0) is 14.6 Å². The molecular formula is C13H12N4O4S2. The van der Waals surface area contributed by atoms with Gasteiger partial charge in [-0.3, -0.25) is 10.1 Å². The van der Waals surface area contributed by atoms with Gasteiger partial charge in [-0.2, -0.15) is 14.6 Å². The van der Waals surface area contributed by atoms with E-state index in [1.807, 2.05) is 0 Å². The number of amides is 1. The highest BCUT2D eigenvalue weighted by atomic mass is 32.2. The third kappa shape index (κ3) is 4.02. The average Bonchev–Trinajstić information content (AvgIpc) is 3.14. The lowest BCUT2D eigenvalue weighted by molar-refractivity contribution is -0.112. The molecule has 1 amide bonds. The summed E-state index contributed by atoms with van der Waals surface area (Å²) in [5.74, 6) is 0.143. The Morgan fingerprint density at radius 1 is 1.52 bits per heavy atom. The first-order valence-electron chi connectivity index (χ1n) is 6.41. The van der Waals surface area contributed by atoms with Gasteiger partial charge in [0, 0.05) is 17.6 Å². The number of anilines is 1. The molecule has 8 nitrogen and oxygen atoms in total. The Balaban J connectivity index is 2.18. The van der Waals surface area contributed by atoms with Crippen molar-refractivity contribution < 1.29 is 17.6 Å². The number of carbonyl (C=O) groups excluding carboxylic acids is 1. The Morgan fingerprint density at radius 2 is 2.26 bits per heavy atom. The molecule has 10 heteroatoms. The summed E-state index contributed by atoms with van der Waals surface area (Å²) >= 11 is 0.726. The molecule has 0 fully saturated rings. The summed E-state index contributed by atoms with van der Waals surface area (Å²) in [6, 6.07) is 5.08. The summed E-state index contributed by atoms with van der Waals surface area (Å²) < 4.78 is 32.2. The van der Waals surface area contributed by atoms with E-state index in [4.69, 9.17) is 9.68 Å². The Bertz CT molecular complexity index is 903. The van der Waals surface area contributed by atoms with Crippen LogP contribution in [0.1, 0.15) is 18.4 Å². The van der Waals surface area contributed by atoms with E-state index in [-0.39, 0.29) is 21.6 Å². The Labute approximate surface area is 136 Å². The summed E-state index contributed by atoms with van der Waals surface area (Å²) in [6.45, 7) is 3.21. The number of rotatable bonds is 5. The number of sulfone groups is 1. The van der Waals surface area contributed by atoms with Crippen LogP contribution in [0.4, 0.5) is 5.13 Å². The molecule has 1 N–H and O–H groups in total. The topological polar surface area (TPSA) is 126 Å². The third-order valence-corrected chi connectivity index (χ3v) is 4.94. The highest BCUT2D eigenvalue weighted by Gasteiger charge is 2.20. The predicted octanol–water partition coefficient (Wildman–Crippen LogP) is 1.78. The molecule has 0 atom stereocenters. The molecule has 0 aliphatic rings. The van der Waals surface area contributed by atoms with Gasteiger partial charge in [-0.15, -0.1) is 0 Å². The number of hydrogen-bond donors (Lipinski definition) is 1. The summed E-state index contributed by atoms with van der Waals surface area (Å²) in [6.07, 6.45) is 1.28. The highest BCUT2D eigenvalue weighted by Crippen LogP contribution is 2.17. The van der Waals surface area contributed by atoms with E-state index in [2.05, 4.69) is 14.7 Å². The number of nitriles is 1. The normalized spacial score (nSPS) is 12.0. The van der Waals surface area contributed by atoms with Crippen LogP contribution in [-0.4, -0.2) is 29.4 Å². The Hall–Kier alpha value is -2.51. The molecule has 2 aromatic heterocycles. The van der Waals surface area contributed by atoms with Crippen LogP contribution in [0.2, 0.25) is 0 Å². The molecule has 0 saturated carbocycles. The lowest BCUT2D eigenvalue weighted by Gasteiger charge is -1.98. The fourth-order valence-electron chi connectivity index (χ4n) is 1.50. The monoisotopic (exact) mass is 352 g/mol. The maximum Gasteiger partial charge on any atom is 0.268 e. The molecule has 0 aliphatic carbocycles. The van der Waals surface area contributed by atoms with Crippen molar-refractivity contribution in [2.24, 2.45) is 0 Å². The predicted molar refractivity (Wildman–Crippen MR) is 83.3 cm³/mol. The van der Waals surface area contributed by atoms with Crippen molar-refractivity contribution in [1.82, 2.24) is 9.36 Å². The van der Waals surface area contributed by atoms with Crippen LogP contribution in [0.15, 0.2) is 27.3 Å². The number of nitrogens with one attached hydrogen (secondary N) is 1. The van der Waals surface area contributed by atoms with Gasteiger partial charge in [0.25, 0.3) is 11.1 Å². The van der Waals surface area contributed by atoms with Gasteiger partial charge >= 0.3 is 0 Å². The van der Waals surface area contributed by atoms with E-state index >= 15 is 0 Å². The number of nitrogens with zero attached hydrogens (tertiary/aromatic N) is 3. The molecule has 120 valence electrons. The van der Waals surface area contributed by atoms with Gasteiger partial charge in [-0.05, 0) is 19.1 Å². The van der Waals surface area contributed by atoms with Crippen LogP contribution in [0, 0.1) is 18.3 Å². The molecule has 0 aromatic carbocycles. The van der Waals surface area contributed by atoms with Crippen LogP contribution in [0.25, 0.3) is 6.08 Å². The van der Waals surface area contributed by atoms with Crippen LogP contribution in [0.5, 0.6) is 0 Å². The van der Waals surface area contributed by atoms with Crippen molar-refractivity contribution in [3.8, 4) is 6.07 Å². The van der Waals surface area contributed by atoms with Crippen molar-refractivity contribution in [3.05, 3.63) is 29.2 Å². The maximum atomic E-state index is 12.0. The van der Waals surface area contributed by atoms with Gasteiger partial charge in [0.1, 0.15) is 23.2 Å². The molecule has 0 bridgehead atoms. The number of carbonyl (C=O) groups is 1. The van der Waals surface area contributed by atoms with Gasteiger partial charge in [-0.1, -0.05) is 6.92 Å². The smallest absolute Gasteiger partial charge is 0.268 e. The lowest BCUT2D eigenvalue weighted by atomic mass is 10.2.